The molecular formula is C17H19FO2S. The molecule has 2 aromatic carbocycles. The van der Waals surface area contributed by atoms with Gasteiger partial charge in [-0.15, -0.1) is 11.8 Å². The van der Waals surface area contributed by atoms with E-state index in [0.717, 1.165) is 16.7 Å². The van der Waals surface area contributed by atoms with E-state index in [1.807, 2.05) is 26.0 Å². The van der Waals surface area contributed by atoms with Gasteiger partial charge in [0.25, 0.3) is 0 Å². The van der Waals surface area contributed by atoms with Crippen molar-refractivity contribution < 1.29 is 14.2 Å². The minimum Gasteiger partial charge on any atom is -0.496 e. The van der Waals surface area contributed by atoms with Crippen molar-refractivity contribution >= 4 is 11.8 Å². The molecule has 0 bridgehead atoms. The first-order valence-corrected chi connectivity index (χ1v) is 7.72. The lowest BCUT2D eigenvalue weighted by Crippen LogP contribution is -2.05. The van der Waals surface area contributed by atoms with Crippen LogP contribution in [0, 0.1) is 19.7 Å². The molecule has 0 spiro atoms. The summed E-state index contributed by atoms with van der Waals surface area (Å²) in [6.45, 7) is 3.97. The highest BCUT2D eigenvalue weighted by Gasteiger charge is 2.17. The van der Waals surface area contributed by atoms with E-state index in [1.165, 1.54) is 17.8 Å². The van der Waals surface area contributed by atoms with Crippen molar-refractivity contribution in [3.63, 3.8) is 0 Å². The van der Waals surface area contributed by atoms with E-state index in [-0.39, 0.29) is 5.82 Å². The summed E-state index contributed by atoms with van der Waals surface area (Å²) in [7, 11) is 1.60. The monoisotopic (exact) mass is 306 g/mol. The van der Waals surface area contributed by atoms with Gasteiger partial charge >= 0.3 is 0 Å². The highest BCUT2D eigenvalue weighted by Crippen LogP contribution is 2.34. The first-order chi connectivity index (χ1) is 10.0. The van der Waals surface area contributed by atoms with Gasteiger partial charge in [-0.05, 0) is 37.1 Å². The van der Waals surface area contributed by atoms with Gasteiger partial charge in [-0.1, -0.05) is 24.3 Å². The number of ether oxygens (including phenoxy) is 1. The first kappa shape index (κ1) is 15.9. The summed E-state index contributed by atoms with van der Waals surface area (Å²) in [5.74, 6) is 0.818. The number of methoxy groups -OCH3 is 1. The number of aliphatic hydroxyl groups excluding tert-OH is 1. The number of hydrogen-bond acceptors (Lipinski definition) is 3. The normalized spacial score (nSPS) is 12.2. The molecule has 4 heteroatoms. The molecule has 0 saturated heterocycles. The topological polar surface area (TPSA) is 29.5 Å². The predicted octanol–water partition coefficient (Wildman–Crippen LogP) is 4.28. The molecule has 2 nitrogen and oxygen atoms in total. The van der Waals surface area contributed by atoms with Gasteiger partial charge in [-0.25, -0.2) is 4.39 Å². The molecule has 0 amide bonds. The molecule has 112 valence electrons. The molecule has 1 unspecified atom stereocenters. The van der Waals surface area contributed by atoms with E-state index in [1.54, 1.807) is 25.3 Å². The van der Waals surface area contributed by atoms with Gasteiger partial charge in [0.2, 0.25) is 0 Å². The number of aryl methyl sites for hydroxylation is 1. The standard InChI is InChI=1S/C17H19FO2S/c1-11-8-9-13(17(20-3)12(11)2)15(19)10-21-16-7-5-4-6-14(16)18/h4-9,15,19H,10H2,1-3H3. The Balaban J connectivity index is 2.16. The second kappa shape index (κ2) is 6.96. The molecule has 1 N–H and O–H groups in total. The van der Waals surface area contributed by atoms with Gasteiger partial charge in [-0.2, -0.15) is 0 Å². The summed E-state index contributed by atoms with van der Waals surface area (Å²) in [4.78, 5) is 0.541. The summed E-state index contributed by atoms with van der Waals surface area (Å²) in [6.07, 6.45) is -0.705. The summed E-state index contributed by atoms with van der Waals surface area (Å²) in [5.41, 5.74) is 2.87. The third kappa shape index (κ3) is 3.57. The molecule has 0 radical (unpaired) electrons. The van der Waals surface area contributed by atoms with Crippen LogP contribution in [0.1, 0.15) is 22.8 Å². The average molecular weight is 306 g/mol. The zero-order valence-electron chi connectivity index (χ0n) is 12.4. The zero-order valence-corrected chi connectivity index (χ0v) is 13.2. The van der Waals surface area contributed by atoms with Crippen LogP contribution >= 0.6 is 11.8 Å². The lowest BCUT2D eigenvalue weighted by molar-refractivity contribution is 0.198. The van der Waals surface area contributed by atoms with E-state index in [9.17, 15) is 9.50 Å². The molecule has 0 saturated carbocycles. The molecular weight excluding hydrogens is 287 g/mol. The summed E-state index contributed by atoms with van der Waals surface area (Å²) in [5, 5.41) is 10.4. The van der Waals surface area contributed by atoms with Crippen molar-refractivity contribution in [2.24, 2.45) is 0 Å². The van der Waals surface area contributed by atoms with E-state index in [2.05, 4.69) is 0 Å². The molecule has 0 fully saturated rings. The summed E-state index contributed by atoms with van der Waals surface area (Å²) < 4.78 is 19.0. The number of benzene rings is 2. The van der Waals surface area contributed by atoms with Gasteiger partial charge < -0.3 is 9.84 Å². The van der Waals surface area contributed by atoms with Crippen LogP contribution in [0.5, 0.6) is 5.75 Å². The molecule has 2 rings (SSSR count). The fraction of sp³-hybridized carbons (Fsp3) is 0.294. The maximum Gasteiger partial charge on any atom is 0.136 e. The van der Waals surface area contributed by atoms with E-state index in [4.69, 9.17) is 4.74 Å². The Morgan fingerprint density at radius 1 is 1.19 bits per heavy atom. The summed E-state index contributed by atoms with van der Waals surface area (Å²) >= 11 is 1.30. The SMILES string of the molecule is COc1c(C(O)CSc2ccccc2F)ccc(C)c1C. The highest BCUT2D eigenvalue weighted by atomic mass is 32.2. The van der Waals surface area contributed by atoms with Gasteiger partial charge in [0.1, 0.15) is 11.6 Å². The molecule has 0 aromatic heterocycles. The van der Waals surface area contributed by atoms with E-state index in [0.29, 0.717) is 16.4 Å². The number of rotatable bonds is 5. The van der Waals surface area contributed by atoms with Gasteiger partial charge in [0, 0.05) is 16.2 Å². The van der Waals surface area contributed by atoms with Crippen molar-refractivity contribution in [2.45, 2.75) is 24.8 Å². The smallest absolute Gasteiger partial charge is 0.136 e. The Hall–Kier alpha value is -1.52. The molecule has 0 aliphatic carbocycles. The molecule has 0 heterocycles. The summed E-state index contributed by atoms with van der Waals surface area (Å²) in [6, 6.07) is 10.4. The van der Waals surface area contributed by atoms with Crippen molar-refractivity contribution in [3.8, 4) is 5.75 Å². The Morgan fingerprint density at radius 2 is 1.90 bits per heavy atom. The van der Waals surface area contributed by atoms with Crippen molar-refractivity contribution in [3.05, 3.63) is 58.9 Å². The third-order valence-corrected chi connectivity index (χ3v) is 4.63. The van der Waals surface area contributed by atoms with Crippen molar-refractivity contribution in [1.29, 1.82) is 0 Å². The van der Waals surface area contributed by atoms with Crippen LogP contribution in [0.3, 0.4) is 0 Å². The number of hydrogen-bond donors (Lipinski definition) is 1. The zero-order chi connectivity index (χ0) is 15.4. The minimum absolute atomic E-state index is 0.262. The van der Waals surface area contributed by atoms with Crippen LogP contribution in [-0.4, -0.2) is 18.0 Å². The Morgan fingerprint density at radius 3 is 2.57 bits per heavy atom. The molecule has 2 aromatic rings. The van der Waals surface area contributed by atoms with E-state index < -0.39 is 6.10 Å². The lowest BCUT2D eigenvalue weighted by atomic mass is 10.0. The number of thioether (sulfide) groups is 1. The maximum absolute atomic E-state index is 13.6. The van der Waals surface area contributed by atoms with Crippen LogP contribution < -0.4 is 4.74 Å². The number of halogens is 1. The van der Waals surface area contributed by atoms with E-state index >= 15 is 0 Å². The second-order valence-corrected chi connectivity index (χ2v) is 5.95. The quantitative estimate of drug-likeness (QED) is 0.836. The van der Waals surface area contributed by atoms with Crippen LogP contribution in [0.25, 0.3) is 0 Å². The van der Waals surface area contributed by atoms with Gasteiger partial charge in [0.15, 0.2) is 0 Å². The minimum atomic E-state index is -0.705. The maximum atomic E-state index is 13.6. The largest absolute Gasteiger partial charge is 0.496 e. The fourth-order valence-corrected chi connectivity index (χ4v) is 3.06. The molecule has 1 atom stereocenters. The highest BCUT2D eigenvalue weighted by molar-refractivity contribution is 7.99. The van der Waals surface area contributed by atoms with Crippen LogP contribution in [0.15, 0.2) is 41.3 Å². The van der Waals surface area contributed by atoms with Gasteiger partial charge in [-0.3, -0.25) is 0 Å². The first-order valence-electron chi connectivity index (χ1n) is 6.74. The molecule has 0 aliphatic heterocycles. The van der Waals surface area contributed by atoms with Crippen LogP contribution in [0.2, 0.25) is 0 Å². The number of aliphatic hydroxyl groups is 1. The third-order valence-electron chi connectivity index (χ3n) is 3.50. The van der Waals surface area contributed by atoms with Crippen molar-refractivity contribution in [1.82, 2.24) is 0 Å². The van der Waals surface area contributed by atoms with Crippen LogP contribution in [-0.2, 0) is 0 Å². The molecule has 0 aliphatic rings. The fourth-order valence-electron chi connectivity index (χ4n) is 2.16. The van der Waals surface area contributed by atoms with Gasteiger partial charge in [0.05, 0.1) is 13.2 Å². The molecule has 21 heavy (non-hydrogen) atoms. The average Bonchev–Trinajstić information content (AvgIpc) is 2.48. The van der Waals surface area contributed by atoms with Crippen molar-refractivity contribution in [2.75, 3.05) is 12.9 Å². The second-order valence-electron chi connectivity index (χ2n) is 4.89. The lowest BCUT2D eigenvalue weighted by Gasteiger charge is -2.18. The Kier molecular flexibility index (Phi) is 5.26. The predicted molar refractivity (Wildman–Crippen MR) is 84.6 cm³/mol. The Bertz CT molecular complexity index is 628. The Labute approximate surface area is 129 Å². The van der Waals surface area contributed by atoms with Crippen LogP contribution in [0.4, 0.5) is 4.39 Å².